The number of carbonyl (C=O) groups is 1. The van der Waals surface area contributed by atoms with Gasteiger partial charge in [0, 0.05) is 12.4 Å². The molecule has 1 atom stereocenters. The van der Waals surface area contributed by atoms with Crippen molar-refractivity contribution in [2.24, 2.45) is 0 Å². The minimum Gasteiger partial charge on any atom is -0.340 e. The smallest absolute Gasteiger partial charge is 0.262 e. The number of carbonyl (C=O) groups excluding carboxylic acids is 1. The first-order valence-electron chi connectivity index (χ1n) is 6.64. The van der Waals surface area contributed by atoms with Gasteiger partial charge in [0.2, 0.25) is 0 Å². The molecule has 1 amide bonds. The van der Waals surface area contributed by atoms with Gasteiger partial charge in [0.1, 0.15) is 0 Å². The molecule has 0 aliphatic carbocycles. The summed E-state index contributed by atoms with van der Waals surface area (Å²) < 4.78 is 0. The predicted octanol–water partition coefficient (Wildman–Crippen LogP) is 3.66. The summed E-state index contributed by atoms with van der Waals surface area (Å²) in [6, 6.07) is 17.3. The highest BCUT2D eigenvalue weighted by Crippen LogP contribution is 2.22. The largest absolute Gasteiger partial charge is 0.340 e. The van der Waals surface area contributed by atoms with Gasteiger partial charge in [-0.05, 0) is 34.7 Å². The third-order valence-electron chi connectivity index (χ3n) is 3.19. The molecule has 0 radical (unpaired) electrons. The maximum Gasteiger partial charge on any atom is 0.262 e. The highest BCUT2D eigenvalue weighted by molar-refractivity contribution is 7.12. The molecule has 4 heteroatoms. The van der Waals surface area contributed by atoms with Crippen LogP contribution in [0, 0.1) is 0 Å². The van der Waals surface area contributed by atoms with Crippen LogP contribution >= 0.6 is 11.3 Å². The van der Waals surface area contributed by atoms with E-state index in [-0.39, 0.29) is 11.9 Å². The molecule has 3 aromatic rings. The SMILES string of the molecule is O=C(NC(c1ccccc1)c1ccncc1)c1cccs1. The zero-order chi connectivity index (χ0) is 14.5. The van der Waals surface area contributed by atoms with Gasteiger partial charge in [-0.3, -0.25) is 9.78 Å². The number of hydrogen-bond donors (Lipinski definition) is 1. The Morgan fingerprint density at radius 3 is 2.33 bits per heavy atom. The van der Waals surface area contributed by atoms with Gasteiger partial charge in [-0.2, -0.15) is 0 Å². The Bertz CT molecular complexity index is 657. The van der Waals surface area contributed by atoms with Gasteiger partial charge in [0.15, 0.2) is 0 Å². The van der Waals surface area contributed by atoms with E-state index in [1.165, 1.54) is 11.3 Å². The number of nitrogens with zero attached hydrogens (tertiary/aromatic N) is 1. The molecule has 104 valence electrons. The molecular formula is C17H14N2OS. The molecule has 0 aliphatic heterocycles. The van der Waals surface area contributed by atoms with Crippen molar-refractivity contribution in [3.05, 3.63) is 88.4 Å². The summed E-state index contributed by atoms with van der Waals surface area (Å²) in [6.45, 7) is 0. The van der Waals surface area contributed by atoms with Crippen molar-refractivity contribution < 1.29 is 4.79 Å². The fourth-order valence-electron chi connectivity index (χ4n) is 2.17. The van der Waals surface area contributed by atoms with Crippen LogP contribution < -0.4 is 5.32 Å². The first-order valence-corrected chi connectivity index (χ1v) is 7.52. The van der Waals surface area contributed by atoms with E-state index < -0.39 is 0 Å². The molecule has 3 rings (SSSR count). The first kappa shape index (κ1) is 13.5. The van der Waals surface area contributed by atoms with Crippen molar-refractivity contribution in [2.75, 3.05) is 0 Å². The van der Waals surface area contributed by atoms with Gasteiger partial charge in [-0.25, -0.2) is 0 Å². The fourth-order valence-corrected chi connectivity index (χ4v) is 2.80. The quantitative estimate of drug-likeness (QED) is 0.798. The summed E-state index contributed by atoms with van der Waals surface area (Å²) in [7, 11) is 0. The molecule has 3 nitrogen and oxygen atoms in total. The van der Waals surface area contributed by atoms with E-state index in [1.54, 1.807) is 12.4 Å². The highest BCUT2D eigenvalue weighted by Gasteiger charge is 2.17. The van der Waals surface area contributed by atoms with Crippen LogP contribution in [0.25, 0.3) is 0 Å². The van der Waals surface area contributed by atoms with E-state index in [0.717, 1.165) is 11.1 Å². The molecule has 0 saturated heterocycles. The standard InChI is InChI=1S/C17H14N2OS/c20-17(15-7-4-12-21-15)19-16(13-5-2-1-3-6-13)14-8-10-18-11-9-14/h1-12,16H,(H,19,20). The van der Waals surface area contributed by atoms with Crippen LogP contribution in [0.5, 0.6) is 0 Å². The average molecular weight is 294 g/mol. The number of aromatic nitrogens is 1. The number of benzene rings is 1. The maximum absolute atomic E-state index is 12.3. The van der Waals surface area contributed by atoms with Gasteiger partial charge >= 0.3 is 0 Å². The van der Waals surface area contributed by atoms with Crippen molar-refractivity contribution in [1.82, 2.24) is 10.3 Å². The van der Waals surface area contributed by atoms with Crippen molar-refractivity contribution in [3.63, 3.8) is 0 Å². The predicted molar refractivity (Wildman–Crippen MR) is 84.3 cm³/mol. The molecule has 2 aromatic heterocycles. The number of thiophene rings is 1. The Morgan fingerprint density at radius 1 is 0.952 bits per heavy atom. The molecule has 21 heavy (non-hydrogen) atoms. The highest BCUT2D eigenvalue weighted by atomic mass is 32.1. The Morgan fingerprint density at radius 2 is 1.67 bits per heavy atom. The summed E-state index contributed by atoms with van der Waals surface area (Å²) in [4.78, 5) is 17.1. The summed E-state index contributed by atoms with van der Waals surface area (Å²) in [6.07, 6.45) is 3.48. The number of nitrogens with one attached hydrogen (secondary N) is 1. The Labute approximate surface area is 127 Å². The maximum atomic E-state index is 12.3. The first-order chi connectivity index (χ1) is 10.3. The molecule has 2 heterocycles. The van der Waals surface area contributed by atoms with Crippen LogP contribution in [0.3, 0.4) is 0 Å². The molecule has 1 N–H and O–H groups in total. The van der Waals surface area contributed by atoms with E-state index in [4.69, 9.17) is 0 Å². The number of pyridine rings is 1. The van der Waals surface area contributed by atoms with E-state index >= 15 is 0 Å². The van der Waals surface area contributed by atoms with E-state index in [9.17, 15) is 4.79 Å². The number of rotatable bonds is 4. The van der Waals surface area contributed by atoms with Crippen LogP contribution in [0.2, 0.25) is 0 Å². The number of hydrogen-bond acceptors (Lipinski definition) is 3. The summed E-state index contributed by atoms with van der Waals surface area (Å²) >= 11 is 1.44. The van der Waals surface area contributed by atoms with Crippen LogP contribution in [0.4, 0.5) is 0 Å². The normalized spacial score (nSPS) is 11.8. The van der Waals surface area contributed by atoms with Gasteiger partial charge in [-0.1, -0.05) is 36.4 Å². The lowest BCUT2D eigenvalue weighted by Gasteiger charge is -2.19. The second-order valence-electron chi connectivity index (χ2n) is 4.58. The van der Waals surface area contributed by atoms with Crippen LogP contribution in [0.15, 0.2) is 72.4 Å². The lowest BCUT2D eigenvalue weighted by molar-refractivity contribution is 0.0947. The van der Waals surface area contributed by atoms with Gasteiger partial charge < -0.3 is 5.32 Å². The second-order valence-corrected chi connectivity index (χ2v) is 5.52. The van der Waals surface area contributed by atoms with Crippen molar-refractivity contribution in [3.8, 4) is 0 Å². The Balaban J connectivity index is 1.92. The van der Waals surface area contributed by atoms with E-state index in [1.807, 2.05) is 60.0 Å². The molecule has 0 spiro atoms. The van der Waals surface area contributed by atoms with Gasteiger partial charge in [-0.15, -0.1) is 11.3 Å². The van der Waals surface area contributed by atoms with E-state index in [0.29, 0.717) is 4.88 Å². The van der Waals surface area contributed by atoms with Crippen LogP contribution in [-0.2, 0) is 0 Å². The van der Waals surface area contributed by atoms with Crippen molar-refractivity contribution >= 4 is 17.2 Å². The molecular weight excluding hydrogens is 280 g/mol. The fraction of sp³-hybridized carbons (Fsp3) is 0.0588. The summed E-state index contributed by atoms with van der Waals surface area (Å²) in [5, 5.41) is 5.00. The zero-order valence-corrected chi connectivity index (χ0v) is 12.1. The Hall–Kier alpha value is -2.46. The third kappa shape index (κ3) is 3.17. The third-order valence-corrected chi connectivity index (χ3v) is 4.06. The lowest BCUT2D eigenvalue weighted by atomic mass is 9.99. The van der Waals surface area contributed by atoms with Crippen molar-refractivity contribution in [1.29, 1.82) is 0 Å². The minimum atomic E-state index is -0.177. The van der Waals surface area contributed by atoms with Gasteiger partial charge in [0.25, 0.3) is 5.91 Å². The lowest BCUT2D eigenvalue weighted by Crippen LogP contribution is -2.28. The minimum absolute atomic E-state index is 0.0596. The van der Waals surface area contributed by atoms with Gasteiger partial charge in [0.05, 0.1) is 10.9 Å². The summed E-state index contributed by atoms with van der Waals surface area (Å²) in [5.41, 5.74) is 2.06. The summed E-state index contributed by atoms with van der Waals surface area (Å²) in [5.74, 6) is -0.0596. The van der Waals surface area contributed by atoms with Crippen LogP contribution in [0.1, 0.15) is 26.8 Å². The van der Waals surface area contributed by atoms with E-state index in [2.05, 4.69) is 10.3 Å². The molecule has 0 aliphatic rings. The molecule has 0 fully saturated rings. The molecule has 1 unspecified atom stereocenters. The average Bonchev–Trinajstić information content (AvgIpc) is 3.09. The Kier molecular flexibility index (Phi) is 4.07. The number of amides is 1. The molecule has 0 bridgehead atoms. The topological polar surface area (TPSA) is 42.0 Å². The van der Waals surface area contributed by atoms with Crippen LogP contribution in [-0.4, -0.2) is 10.9 Å². The monoisotopic (exact) mass is 294 g/mol. The zero-order valence-electron chi connectivity index (χ0n) is 11.3. The molecule has 0 saturated carbocycles. The molecule has 1 aromatic carbocycles. The second kappa shape index (κ2) is 6.33. The van der Waals surface area contributed by atoms with Crippen molar-refractivity contribution in [2.45, 2.75) is 6.04 Å².